The Bertz CT molecular complexity index is 1650. The lowest BCUT2D eigenvalue weighted by Crippen LogP contribution is -2.37. The van der Waals surface area contributed by atoms with Gasteiger partial charge in [0.2, 0.25) is 10.0 Å². The molecule has 0 radical (unpaired) electrons. The van der Waals surface area contributed by atoms with E-state index in [2.05, 4.69) is 10.6 Å². The van der Waals surface area contributed by atoms with Gasteiger partial charge in [-0.2, -0.15) is 4.31 Å². The highest BCUT2D eigenvalue weighted by atomic mass is 32.2. The van der Waals surface area contributed by atoms with Gasteiger partial charge in [-0.1, -0.05) is 30.3 Å². The predicted octanol–water partition coefficient (Wildman–Crippen LogP) is 5.00. The number of imide groups is 1. The lowest BCUT2D eigenvalue weighted by atomic mass is 10.0. The molecule has 0 fully saturated rings. The molecule has 12 nitrogen and oxygen atoms in total. The van der Waals surface area contributed by atoms with Crippen molar-refractivity contribution in [3.05, 3.63) is 81.7 Å². The summed E-state index contributed by atoms with van der Waals surface area (Å²) in [5.41, 5.74) is 1.71. The molecule has 1 aliphatic heterocycles. The van der Waals surface area contributed by atoms with Gasteiger partial charge in [-0.3, -0.25) is 14.9 Å². The molecule has 0 saturated carbocycles. The number of thiophene rings is 1. The maximum absolute atomic E-state index is 13.5. The van der Waals surface area contributed by atoms with Gasteiger partial charge in [0.05, 0.1) is 30.2 Å². The number of amides is 4. The largest absolute Gasteiger partial charge is 0.450 e. The van der Waals surface area contributed by atoms with Crippen LogP contribution < -0.4 is 10.6 Å². The average molecular weight is 657 g/mol. The van der Waals surface area contributed by atoms with Crippen LogP contribution in [0.15, 0.2) is 59.5 Å². The summed E-state index contributed by atoms with van der Waals surface area (Å²) >= 11 is 1.11. The Morgan fingerprint density at radius 3 is 2.24 bits per heavy atom. The van der Waals surface area contributed by atoms with Crippen molar-refractivity contribution in [2.45, 2.75) is 58.1 Å². The van der Waals surface area contributed by atoms with Gasteiger partial charge in [0.25, 0.3) is 11.8 Å². The summed E-state index contributed by atoms with van der Waals surface area (Å²) in [5, 5.41) is 5.11. The maximum atomic E-state index is 13.5. The van der Waals surface area contributed by atoms with Crippen LogP contribution in [-0.4, -0.2) is 67.4 Å². The van der Waals surface area contributed by atoms with E-state index in [-0.39, 0.29) is 59.9 Å². The molecule has 0 aliphatic carbocycles. The lowest BCUT2D eigenvalue weighted by molar-refractivity contribution is 0.0924. The van der Waals surface area contributed by atoms with Crippen LogP contribution in [0.1, 0.15) is 64.4 Å². The van der Waals surface area contributed by atoms with Crippen molar-refractivity contribution in [3.63, 3.8) is 0 Å². The fourth-order valence-corrected chi connectivity index (χ4v) is 7.70. The van der Waals surface area contributed by atoms with E-state index < -0.39 is 34.0 Å². The van der Waals surface area contributed by atoms with Crippen LogP contribution in [0.25, 0.3) is 0 Å². The first-order valence-corrected chi connectivity index (χ1v) is 16.7. The van der Waals surface area contributed by atoms with E-state index in [4.69, 9.17) is 9.47 Å². The normalized spacial score (nSPS) is 12.9. The molecule has 2 N–H and O–H groups in total. The van der Waals surface area contributed by atoms with Crippen LogP contribution in [-0.2, 0) is 39.0 Å². The van der Waals surface area contributed by atoms with Gasteiger partial charge in [-0.25, -0.2) is 18.0 Å². The number of sulfonamides is 1. The third-order valence-electron chi connectivity index (χ3n) is 7.01. The van der Waals surface area contributed by atoms with E-state index in [0.717, 1.165) is 16.9 Å². The van der Waals surface area contributed by atoms with Crippen molar-refractivity contribution in [2.24, 2.45) is 0 Å². The van der Waals surface area contributed by atoms with Crippen LogP contribution >= 0.6 is 11.3 Å². The Balaban J connectivity index is 1.58. The van der Waals surface area contributed by atoms with Gasteiger partial charge in [0, 0.05) is 29.6 Å². The van der Waals surface area contributed by atoms with Gasteiger partial charge in [-0.15, -0.1) is 11.3 Å². The molecule has 45 heavy (non-hydrogen) atoms. The number of nitrogens with zero attached hydrogens (tertiary/aromatic N) is 2. The first kappa shape index (κ1) is 33.6. The number of benzene rings is 2. The number of fused-ring (bicyclic) bond motifs is 1. The fraction of sp³-hybridized carbons (Fsp3) is 0.355. The minimum Gasteiger partial charge on any atom is -0.450 e. The highest BCUT2D eigenvalue weighted by molar-refractivity contribution is 7.89. The smallest absolute Gasteiger partial charge is 0.414 e. The van der Waals surface area contributed by atoms with Crippen LogP contribution in [0, 0.1) is 0 Å². The summed E-state index contributed by atoms with van der Waals surface area (Å²) in [5.74, 6) is -1.34. The predicted molar refractivity (Wildman–Crippen MR) is 169 cm³/mol. The standard InChI is InChI=1S/C31H36N4O8S2/c1-5-42-30(38)33-28(37)26-24-16-17-34(31(39)43-6-2)19-25(24)44-29(26)32-27(36)22-12-14-23(15-13-22)45(40,41)35(20(3)4)18-21-10-8-7-9-11-21/h7-15,20H,5-6,16-19H2,1-4H3,(H,32,36)(H,33,37,38). The van der Waals surface area contributed by atoms with Gasteiger partial charge >= 0.3 is 12.2 Å². The minimum atomic E-state index is -3.89. The van der Waals surface area contributed by atoms with Crippen LogP contribution in [0.3, 0.4) is 0 Å². The molecule has 1 aliphatic rings. The van der Waals surface area contributed by atoms with Gasteiger partial charge in [0.1, 0.15) is 5.00 Å². The van der Waals surface area contributed by atoms with Gasteiger partial charge < -0.3 is 19.7 Å². The number of hydrogen-bond donors (Lipinski definition) is 2. The number of alkyl carbamates (subject to hydrolysis) is 1. The summed E-state index contributed by atoms with van der Waals surface area (Å²) in [6.07, 6.45) is -1.12. The Morgan fingerprint density at radius 1 is 0.956 bits per heavy atom. The first-order chi connectivity index (χ1) is 21.5. The van der Waals surface area contributed by atoms with E-state index in [0.29, 0.717) is 16.9 Å². The quantitative estimate of drug-likeness (QED) is 0.309. The highest BCUT2D eigenvalue weighted by Gasteiger charge is 2.32. The molecular formula is C31H36N4O8S2. The minimum absolute atomic E-state index is 0.0313. The summed E-state index contributed by atoms with van der Waals surface area (Å²) in [6, 6.07) is 14.5. The number of ether oxygens (including phenoxy) is 2. The third kappa shape index (κ3) is 7.88. The number of rotatable bonds is 10. The molecule has 2 aromatic carbocycles. The highest BCUT2D eigenvalue weighted by Crippen LogP contribution is 2.38. The average Bonchev–Trinajstić information content (AvgIpc) is 3.37. The van der Waals surface area contributed by atoms with Crippen LogP contribution in [0.4, 0.5) is 14.6 Å². The third-order valence-corrected chi connectivity index (χ3v) is 10.2. The second kappa shape index (κ2) is 14.7. The lowest BCUT2D eigenvalue weighted by Gasteiger charge is -2.26. The number of anilines is 1. The molecule has 3 aromatic rings. The Hall–Kier alpha value is -4.27. The van der Waals surface area contributed by atoms with Crippen molar-refractivity contribution in [1.29, 1.82) is 0 Å². The van der Waals surface area contributed by atoms with Crippen molar-refractivity contribution in [2.75, 3.05) is 25.1 Å². The Labute approximate surface area is 266 Å². The van der Waals surface area contributed by atoms with Crippen LogP contribution in [0.2, 0.25) is 0 Å². The number of hydrogen-bond acceptors (Lipinski definition) is 9. The second-order valence-electron chi connectivity index (χ2n) is 10.4. The van der Waals surface area contributed by atoms with E-state index in [1.54, 1.807) is 27.7 Å². The number of carbonyl (C=O) groups is 4. The molecule has 14 heteroatoms. The SMILES string of the molecule is CCOC(=O)NC(=O)c1c(NC(=O)c2ccc(S(=O)(=O)N(Cc3ccccc3)C(C)C)cc2)sc2c1CCN(C(=O)OCC)C2. The van der Waals surface area contributed by atoms with Crippen molar-refractivity contribution < 1.29 is 37.1 Å². The second-order valence-corrected chi connectivity index (χ2v) is 13.4. The monoisotopic (exact) mass is 656 g/mol. The molecular weight excluding hydrogens is 620 g/mol. The fourth-order valence-electron chi connectivity index (χ4n) is 4.82. The summed E-state index contributed by atoms with van der Waals surface area (Å²) < 4.78 is 38.4. The van der Waals surface area contributed by atoms with Gasteiger partial charge in [-0.05, 0) is 69.5 Å². The summed E-state index contributed by atoms with van der Waals surface area (Å²) in [6.45, 7) is 7.81. The molecule has 4 amide bonds. The van der Waals surface area contributed by atoms with Gasteiger partial charge in [0.15, 0.2) is 0 Å². The first-order valence-electron chi connectivity index (χ1n) is 14.5. The topological polar surface area (TPSA) is 151 Å². The molecule has 1 aromatic heterocycles. The molecule has 0 bridgehead atoms. The zero-order valence-corrected chi connectivity index (χ0v) is 27.1. The number of carbonyl (C=O) groups excluding carboxylic acids is 4. The number of nitrogens with one attached hydrogen (secondary N) is 2. The molecule has 240 valence electrons. The van der Waals surface area contributed by atoms with Crippen molar-refractivity contribution in [1.82, 2.24) is 14.5 Å². The molecule has 2 heterocycles. The van der Waals surface area contributed by atoms with Crippen molar-refractivity contribution >= 4 is 50.4 Å². The van der Waals surface area contributed by atoms with E-state index in [9.17, 15) is 27.6 Å². The van der Waals surface area contributed by atoms with Crippen LogP contribution in [0.5, 0.6) is 0 Å². The Morgan fingerprint density at radius 2 is 1.62 bits per heavy atom. The van der Waals surface area contributed by atoms with E-state index >= 15 is 0 Å². The Kier molecular flexibility index (Phi) is 11.0. The molecule has 4 rings (SSSR count). The van der Waals surface area contributed by atoms with Crippen molar-refractivity contribution in [3.8, 4) is 0 Å². The molecule has 0 saturated heterocycles. The molecule has 0 atom stereocenters. The maximum Gasteiger partial charge on any atom is 0.414 e. The summed E-state index contributed by atoms with van der Waals surface area (Å²) in [4.78, 5) is 53.1. The zero-order valence-electron chi connectivity index (χ0n) is 25.5. The molecule has 0 spiro atoms. The summed E-state index contributed by atoms with van der Waals surface area (Å²) in [7, 11) is -3.89. The zero-order chi connectivity index (χ0) is 32.7. The van der Waals surface area contributed by atoms with E-state index in [1.165, 1.54) is 33.5 Å². The molecule has 0 unspecified atom stereocenters. The van der Waals surface area contributed by atoms with E-state index in [1.807, 2.05) is 30.3 Å².